The van der Waals surface area contributed by atoms with Gasteiger partial charge >= 0.3 is 0 Å². The summed E-state index contributed by atoms with van der Waals surface area (Å²) in [6.45, 7) is 12.4. The zero-order chi connectivity index (χ0) is 17.9. The van der Waals surface area contributed by atoms with Crippen LogP contribution in [0.25, 0.3) is 0 Å². The maximum atomic E-state index is 12.7. The Bertz CT molecular complexity index is 568. The number of hydrogen-bond donors (Lipinski definition) is 1. The second-order valence-corrected chi connectivity index (χ2v) is 7.73. The van der Waals surface area contributed by atoms with E-state index in [-0.39, 0.29) is 30.4 Å². The van der Waals surface area contributed by atoms with E-state index >= 15 is 0 Å². The predicted molar refractivity (Wildman–Crippen MR) is 105 cm³/mol. The molecule has 0 saturated carbocycles. The molecule has 1 amide bonds. The lowest BCUT2D eigenvalue weighted by Crippen LogP contribution is -2.51. The molecule has 2 heterocycles. The highest BCUT2D eigenvalue weighted by molar-refractivity contribution is 5.85. The standard InChI is InChI=1S/C19H34N4O.ClH/c1-13(2)12-23-16(5)17(15(4)21-23)9-10-19(24)22-11-7-6-8-18(22)14(3)20;/h13-14,18H,6-12,20H2,1-5H3;1H. The lowest BCUT2D eigenvalue weighted by Gasteiger charge is -2.38. The Morgan fingerprint density at radius 2 is 1.96 bits per heavy atom. The molecule has 0 aliphatic carbocycles. The van der Waals surface area contributed by atoms with Crippen LogP contribution in [0.1, 0.15) is 63.4 Å². The van der Waals surface area contributed by atoms with Crippen LogP contribution in [0.4, 0.5) is 0 Å². The topological polar surface area (TPSA) is 64.2 Å². The highest BCUT2D eigenvalue weighted by Crippen LogP contribution is 2.22. The Hall–Kier alpha value is -1.07. The normalized spacial score (nSPS) is 19.0. The Morgan fingerprint density at radius 3 is 2.56 bits per heavy atom. The summed E-state index contributed by atoms with van der Waals surface area (Å²) in [7, 11) is 0. The first kappa shape index (κ1) is 22.0. The Kier molecular flexibility index (Phi) is 8.42. The van der Waals surface area contributed by atoms with Crippen LogP contribution in [0.5, 0.6) is 0 Å². The monoisotopic (exact) mass is 370 g/mol. The van der Waals surface area contributed by atoms with E-state index in [4.69, 9.17) is 5.73 Å². The largest absolute Gasteiger partial charge is 0.338 e. The molecule has 1 aliphatic heterocycles. The Labute approximate surface area is 158 Å². The molecule has 0 radical (unpaired) electrons. The van der Waals surface area contributed by atoms with Gasteiger partial charge in [0.1, 0.15) is 0 Å². The Balaban J connectivity index is 0.00000312. The number of halogens is 1. The van der Waals surface area contributed by atoms with Gasteiger partial charge in [-0.3, -0.25) is 9.48 Å². The molecule has 1 aromatic rings. The molecule has 1 aromatic heterocycles. The zero-order valence-electron chi connectivity index (χ0n) is 16.4. The van der Waals surface area contributed by atoms with E-state index in [9.17, 15) is 4.79 Å². The highest BCUT2D eigenvalue weighted by atomic mass is 35.5. The van der Waals surface area contributed by atoms with Gasteiger partial charge in [0.15, 0.2) is 0 Å². The van der Waals surface area contributed by atoms with Crippen LogP contribution < -0.4 is 5.73 Å². The van der Waals surface area contributed by atoms with Crippen molar-refractivity contribution in [1.82, 2.24) is 14.7 Å². The van der Waals surface area contributed by atoms with Crippen LogP contribution >= 0.6 is 12.4 Å². The van der Waals surface area contributed by atoms with Crippen LogP contribution in [0.2, 0.25) is 0 Å². The molecular formula is C19H35ClN4O. The molecule has 2 N–H and O–H groups in total. The zero-order valence-corrected chi connectivity index (χ0v) is 17.2. The summed E-state index contributed by atoms with van der Waals surface area (Å²) >= 11 is 0. The summed E-state index contributed by atoms with van der Waals surface area (Å²) in [6.07, 6.45) is 4.64. The minimum Gasteiger partial charge on any atom is -0.338 e. The van der Waals surface area contributed by atoms with Gasteiger partial charge in [-0.25, -0.2) is 0 Å². The van der Waals surface area contributed by atoms with Gasteiger partial charge in [-0.15, -0.1) is 12.4 Å². The molecule has 2 rings (SSSR count). The van der Waals surface area contributed by atoms with Crippen LogP contribution in [0.15, 0.2) is 0 Å². The summed E-state index contributed by atoms with van der Waals surface area (Å²) < 4.78 is 2.09. The minimum absolute atomic E-state index is 0. The van der Waals surface area contributed by atoms with Crippen molar-refractivity contribution in [3.63, 3.8) is 0 Å². The summed E-state index contributed by atoms with van der Waals surface area (Å²) in [5.74, 6) is 0.810. The fourth-order valence-corrected chi connectivity index (χ4v) is 3.81. The van der Waals surface area contributed by atoms with Gasteiger partial charge < -0.3 is 10.6 Å². The number of nitrogens with two attached hydrogens (primary N) is 1. The molecule has 0 aromatic carbocycles. The maximum Gasteiger partial charge on any atom is 0.223 e. The number of rotatable bonds is 6. The third-order valence-electron chi connectivity index (χ3n) is 5.13. The number of piperidine rings is 1. The first-order valence-corrected chi connectivity index (χ1v) is 9.39. The van der Waals surface area contributed by atoms with Crippen molar-refractivity contribution in [3.8, 4) is 0 Å². The van der Waals surface area contributed by atoms with E-state index in [1.165, 1.54) is 17.7 Å². The van der Waals surface area contributed by atoms with E-state index in [0.717, 1.165) is 38.0 Å². The lowest BCUT2D eigenvalue weighted by atomic mass is 9.96. The molecule has 0 bridgehead atoms. The lowest BCUT2D eigenvalue weighted by molar-refractivity contribution is -0.135. The van der Waals surface area contributed by atoms with Gasteiger partial charge in [0.2, 0.25) is 5.91 Å². The van der Waals surface area contributed by atoms with Crippen molar-refractivity contribution in [1.29, 1.82) is 0 Å². The summed E-state index contributed by atoms with van der Waals surface area (Å²) in [6, 6.07) is 0.253. The number of nitrogens with zero attached hydrogens (tertiary/aromatic N) is 3. The summed E-state index contributed by atoms with van der Waals surface area (Å²) in [4.78, 5) is 14.8. The second-order valence-electron chi connectivity index (χ2n) is 7.73. The van der Waals surface area contributed by atoms with Gasteiger partial charge in [0, 0.05) is 37.3 Å². The fraction of sp³-hybridized carbons (Fsp3) is 0.789. The minimum atomic E-state index is 0. The molecule has 1 saturated heterocycles. The molecule has 5 nitrogen and oxygen atoms in total. The van der Waals surface area contributed by atoms with Crippen LogP contribution in [-0.2, 0) is 17.8 Å². The molecule has 6 heteroatoms. The number of amides is 1. The van der Waals surface area contributed by atoms with E-state index in [0.29, 0.717) is 12.3 Å². The average molecular weight is 371 g/mol. The number of carbonyl (C=O) groups excluding carboxylic acids is 1. The summed E-state index contributed by atoms with van der Waals surface area (Å²) in [5.41, 5.74) is 9.59. The number of hydrogen-bond acceptors (Lipinski definition) is 3. The quantitative estimate of drug-likeness (QED) is 0.835. The molecule has 1 aliphatic rings. The summed E-state index contributed by atoms with van der Waals surface area (Å²) in [5, 5.41) is 4.66. The molecule has 2 unspecified atom stereocenters. The van der Waals surface area contributed by atoms with E-state index in [1.807, 2.05) is 11.8 Å². The number of aryl methyl sites for hydroxylation is 1. The van der Waals surface area contributed by atoms with E-state index < -0.39 is 0 Å². The molecule has 25 heavy (non-hydrogen) atoms. The third-order valence-corrected chi connectivity index (χ3v) is 5.13. The van der Waals surface area contributed by atoms with Gasteiger partial charge in [-0.2, -0.15) is 5.10 Å². The number of carbonyl (C=O) groups is 1. The second kappa shape index (κ2) is 9.58. The smallest absolute Gasteiger partial charge is 0.223 e. The molecular weight excluding hydrogens is 336 g/mol. The van der Waals surface area contributed by atoms with Crippen LogP contribution in [0, 0.1) is 19.8 Å². The molecule has 2 atom stereocenters. The predicted octanol–water partition coefficient (Wildman–Crippen LogP) is 3.24. The number of likely N-dealkylation sites (tertiary alicyclic amines) is 1. The van der Waals surface area contributed by atoms with Crippen molar-refractivity contribution >= 4 is 18.3 Å². The fourth-order valence-electron chi connectivity index (χ4n) is 3.81. The Morgan fingerprint density at radius 1 is 1.28 bits per heavy atom. The number of aromatic nitrogens is 2. The van der Waals surface area contributed by atoms with Gasteiger partial charge in [-0.05, 0) is 57.9 Å². The van der Waals surface area contributed by atoms with Crippen molar-refractivity contribution in [2.24, 2.45) is 11.7 Å². The maximum absolute atomic E-state index is 12.7. The highest BCUT2D eigenvalue weighted by Gasteiger charge is 2.29. The molecule has 144 valence electrons. The van der Waals surface area contributed by atoms with E-state index in [2.05, 4.69) is 37.5 Å². The third kappa shape index (κ3) is 5.45. The van der Waals surface area contributed by atoms with Crippen LogP contribution in [-0.4, -0.2) is 39.2 Å². The van der Waals surface area contributed by atoms with Gasteiger partial charge in [0.05, 0.1) is 5.69 Å². The van der Waals surface area contributed by atoms with E-state index in [1.54, 1.807) is 0 Å². The average Bonchev–Trinajstić information content (AvgIpc) is 2.78. The van der Waals surface area contributed by atoms with Crippen molar-refractivity contribution in [2.45, 2.75) is 85.4 Å². The van der Waals surface area contributed by atoms with Crippen molar-refractivity contribution in [2.75, 3.05) is 6.54 Å². The van der Waals surface area contributed by atoms with Crippen LogP contribution in [0.3, 0.4) is 0 Å². The van der Waals surface area contributed by atoms with Crippen molar-refractivity contribution < 1.29 is 4.79 Å². The molecule has 0 spiro atoms. The first-order valence-electron chi connectivity index (χ1n) is 9.39. The van der Waals surface area contributed by atoms with Gasteiger partial charge in [0.25, 0.3) is 0 Å². The van der Waals surface area contributed by atoms with Gasteiger partial charge in [-0.1, -0.05) is 13.8 Å². The molecule has 1 fully saturated rings. The SMILES string of the molecule is Cc1nn(CC(C)C)c(C)c1CCC(=O)N1CCCCC1C(C)N.Cl. The van der Waals surface area contributed by atoms with Crippen molar-refractivity contribution in [3.05, 3.63) is 17.0 Å². The first-order chi connectivity index (χ1) is 11.3.